The number of carboxylic acids is 1. The molecule has 6 heteroatoms. The number of rotatable bonds is 3. The fourth-order valence-electron chi connectivity index (χ4n) is 4.74. The number of thiophene rings is 1. The predicted octanol–water partition coefficient (Wildman–Crippen LogP) is 5.52. The highest BCUT2D eigenvalue weighted by molar-refractivity contribution is 7.21. The third-order valence-corrected chi connectivity index (χ3v) is 7.16. The Morgan fingerprint density at radius 2 is 2.07 bits per heavy atom. The van der Waals surface area contributed by atoms with E-state index in [4.69, 9.17) is 9.47 Å². The number of fused-ring (bicyclic) bond motifs is 5. The average molecular weight is 397 g/mol. The van der Waals surface area contributed by atoms with Gasteiger partial charge in [-0.05, 0) is 42.5 Å². The highest BCUT2D eigenvalue weighted by Gasteiger charge is 2.31. The van der Waals surface area contributed by atoms with Gasteiger partial charge in [-0.2, -0.15) is 0 Å². The topological polar surface area (TPSA) is 60.7 Å². The van der Waals surface area contributed by atoms with Gasteiger partial charge in [0.25, 0.3) is 0 Å². The molecule has 2 aliphatic rings. The molecule has 28 heavy (non-hydrogen) atoms. The van der Waals surface area contributed by atoms with Gasteiger partial charge in [0.2, 0.25) is 0 Å². The molecular weight excluding hydrogens is 374 g/mol. The zero-order valence-corrected chi connectivity index (χ0v) is 16.7. The van der Waals surface area contributed by atoms with Crippen LogP contribution in [-0.4, -0.2) is 29.4 Å². The molecule has 0 unspecified atom stereocenters. The van der Waals surface area contributed by atoms with Gasteiger partial charge in [-0.25, -0.2) is 4.79 Å². The number of ether oxygens (including phenoxy) is 2. The van der Waals surface area contributed by atoms with Gasteiger partial charge < -0.3 is 19.1 Å². The highest BCUT2D eigenvalue weighted by atomic mass is 32.1. The summed E-state index contributed by atoms with van der Waals surface area (Å²) in [6, 6.07) is 7.86. The van der Waals surface area contributed by atoms with Crippen LogP contribution in [0.2, 0.25) is 0 Å². The quantitative estimate of drug-likeness (QED) is 0.632. The molecule has 1 saturated carbocycles. The lowest BCUT2D eigenvalue weighted by Crippen LogP contribution is -2.08. The van der Waals surface area contributed by atoms with Crippen molar-refractivity contribution < 1.29 is 19.4 Å². The van der Waals surface area contributed by atoms with Crippen LogP contribution in [0.5, 0.6) is 11.5 Å². The minimum absolute atomic E-state index is 0.414. The molecule has 146 valence electrons. The van der Waals surface area contributed by atoms with Crippen molar-refractivity contribution >= 4 is 27.5 Å². The molecule has 0 radical (unpaired) electrons. The van der Waals surface area contributed by atoms with E-state index in [1.165, 1.54) is 54.7 Å². The third-order valence-electron chi connectivity index (χ3n) is 6.01. The van der Waals surface area contributed by atoms with Crippen LogP contribution in [0.3, 0.4) is 0 Å². The number of nitrogens with zero attached hydrogens (tertiary/aromatic N) is 1. The summed E-state index contributed by atoms with van der Waals surface area (Å²) in [5, 5.41) is 9.54. The monoisotopic (exact) mass is 397 g/mol. The minimum atomic E-state index is -0.847. The van der Waals surface area contributed by atoms with Crippen molar-refractivity contribution in [1.29, 1.82) is 0 Å². The van der Waals surface area contributed by atoms with E-state index in [1.807, 2.05) is 18.2 Å². The average Bonchev–Trinajstić information content (AvgIpc) is 3.21. The second-order valence-corrected chi connectivity index (χ2v) is 8.64. The molecule has 5 rings (SSSR count). The zero-order valence-electron chi connectivity index (χ0n) is 15.9. The van der Waals surface area contributed by atoms with Crippen molar-refractivity contribution in [3.63, 3.8) is 0 Å². The van der Waals surface area contributed by atoms with Crippen LogP contribution in [0.1, 0.15) is 53.3 Å². The molecular formula is C22H23NO4S. The second-order valence-electron chi connectivity index (χ2n) is 7.59. The molecule has 1 aliphatic heterocycles. The first-order valence-corrected chi connectivity index (χ1v) is 10.7. The van der Waals surface area contributed by atoms with Gasteiger partial charge in [-0.3, -0.25) is 0 Å². The predicted molar refractivity (Wildman–Crippen MR) is 110 cm³/mol. The van der Waals surface area contributed by atoms with Gasteiger partial charge in [0.15, 0.2) is 0 Å². The van der Waals surface area contributed by atoms with E-state index >= 15 is 0 Å². The molecule has 5 nitrogen and oxygen atoms in total. The molecule has 0 spiro atoms. The number of hydrogen-bond donors (Lipinski definition) is 1. The summed E-state index contributed by atoms with van der Waals surface area (Å²) in [6.07, 6.45) is 6.09. The summed E-state index contributed by atoms with van der Waals surface area (Å²) in [5.41, 5.74) is 4.65. The van der Waals surface area contributed by atoms with Gasteiger partial charge in [0.05, 0.1) is 29.6 Å². The van der Waals surface area contributed by atoms with Gasteiger partial charge in [0.1, 0.15) is 23.0 Å². The van der Waals surface area contributed by atoms with Crippen molar-refractivity contribution in [1.82, 2.24) is 4.57 Å². The Morgan fingerprint density at radius 3 is 2.82 bits per heavy atom. The summed E-state index contributed by atoms with van der Waals surface area (Å²) < 4.78 is 14.9. The van der Waals surface area contributed by atoms with Crippen LogP contribution in [0.15, 0.2) is 24.3 Å². The smallest absolute Gasteiger partial charge is 0.345 e. The Hall–Kier alpha value is -2.47. The summed E-state index contributed by atoms with van der Waals surface area (Å²) in [5.74, 6) is 1.26. The van der Waals surface area contributed by atoms with E-state index in [0.717, 1.165) is 27.3 Å². The van der Waals surface area contributed by atoms with E-state index in [0.29, 0.717) is 23.9 Å². The van der Waals surface area contributed by atoms with Crippen LogP contribution in [0.4, 0.5) is 0 Å². The van der Waals surface area contributed by atoms with Crippen LogP contribution in [0, 0.1) is 0 Å². The van der Waals surface area contributed by atoms with E-state index in [1.54, 1.807) is 7.11 Å². The van der Waals surface area contributed by atoms with Gasteiger partial charge in [-0.15, -0.1) is 11.3 Å². The molecule has 0 saturated heterocycles. The number of carbonyl (C=O) groups is 1. The maximum atomic E-state index is 11.6. The van der Waals surface area contributed by atoms with Gasteiger partial charge >= 0.3 is 5.97 Å². The van der Waals surface area contributed by atoms with E-state index in [-0.39, 0.29) is 0 Å². The second kappa shape index (κ2) is 6.85. The Labute approximate surface area is 167 Å². The molecule has 1 N–H and O–H groups in total. The lowest BCUT2D eigenvalue weighted by Gasteiger charge is -2.23. The molecule has 0 amide bonds. The molecule has 2 aromatic heterocycles. The number of methoxy groups -OCH3 is 1. The molecule has 1 fully saturated rings. The van der Waals surface area contributed by atoms with Gasteiger partial charge in [-0.1, -0.05) is 19.3 Å². The standard InChI is InChI=1S/C22H23NO4S/c1-26-14-7-8-15-17(11-14)27-10-9-23-16-12-18(22(24)25)28-21(16)19(20(15)23)13-5-3-2-4-6-13/h7-8,11-13H,2-6,9-10H2,1H3,(H,24,25). The maximum absolute atomic E-state index is 11.6. The van der Waals surface area contributed by atoms with Crippen molar-refractivity contribution in [3.05, 3.63) is 34.7 Å². The van der Waals surface area contributed by atoms with Crippen LogP contribution in [0.25, 0.3) is 21.5 Å². The first-order chi connectivity index (χ1) is 13.7. The Kier molecular flexibility index (Phi) is 4.31. The summed E-state index contributed by atoms with van der Waals surface area (Å²) in [6.45, 7) is 1.27. The molecule has 3 heterocycles. The van der Waals surface area contributed by atoms with E-state index in [2.05, 4.69) is 10.6 Å². The van der Waals surface area contributed by atoms with Crippen molar-refractivity contribution in [2.75, 3.05) is 13.7 Å². The van der Waals surface area contributed by atoms with Crippen LogP contribution >= 0.6 is 11.3 Å². The number of carboxylic acid groups (broad SMARTS) is 1. The Balaban J connectivity index is 1.79. The number of aromatic nitrogens is 1. The van der Waals surface area contributed by atoms with Crippen molar-refractivity contribution in [2.24, 2.45) is 0 Å². The van der Waals surface area contributed by atoms with Crippen LogP contribution < -0.4 is 9.47 Å². The molecule has 1 aromatic carbocycles. The first kappa shape index (κ1) is 17.6. The molecule has 1 aliphatic carbocycles. The lowest BCUT2D eigenvalue weighted by atomic mass is 9.83. The SMILES string of the molecule is COc1ccc2c(c1)OCCn1c-2c(C2CCCCC2)c2sc(C(=O)O)cc21. The largest absolute Gasteiger partial charge is 0.497 e. The highest BCUT2D eigenvalue weighted by Crippen LogP contribution is 2.49. The first-order valence-electron chi connectivity index (χ1n) is 9.88. The van der Waals surface area contributed by atoms with Crippen molar-refractivity contribution in [2.45, 2.75) is 44.6 Å². The number of aromatic carboxylic acids is 1. The minimum Gasteiger partial charge on any atom is -0.497 e. The third kappa shape index (κ3) is 2.70. The molecule has 0 atom stereocenters. The number of benzene rings is 1. The molecule has 3 aromatic rings. The number of hydrogen-bond acceptors (Lipinski definition) is 4. The van der Waals surface area contributed by atoms with Crippen LogP contribution in [-0.2, 0) is 6.54 Å². The Morgan fingerprint density at radius 1 is 1.25 bits per heavy atom. The molecule has 0 bridgehead atoms. The lowest BCUT2D eigenvalue weighted by molar-refractivity contribution is 0.0702. The van der Waals surface area contributed by atoms with Gasteiger partial charge in [0, 0.05) is 11.6 Å². The zero-order chi connectivity index (χ0) is 19.3. The summed E-state index contributed by atoms with van der Waals surface area (Å²) >= 11 is 1.42. The van der Waals surface area contributed by atoms with E-state index in [9.17, 15) is 9.90 Å². The maximum Gasteiger partial charge on any atom is 0.345 e. The van der Waals surface area contributed by atoms with Crippen molar-refractivity contribution in [3.8, 4) is 22.8 Å². The summed E-state index contributed by atoms with van der Waals surface area (Å²) in [7, 11) is 1.66. The normalized spacial score (nSPS) is 16.9. The van der Waals surface area contributed by atoms with E-state index < -0.39 is 5.97 Å². The fourth-order valence-corrected chi connectivity index (χ4v) is 5.86. The summed E-state index contributed by atoms with van der Waals surface area (Å²) in [4.78, 5) is 12.0. The fraction of sp³-hybridized carbons (Fsp3) is 0.409. The Bertz CT molecular complexity index is 1060.